The molecule has 1 aromatic carbocycles. The van der Waals surface area contributed by atoms with Gasteiger partial charge in [0, 0.05) is 0 Å². The van der Waals surface area contributed by atoms with Crippen molar-refractivity contribution in [1.29, 1.82) is 0 Å². The Morgan fingerprint density at radius 2 is 1.46 bits per heavy atom. The summed E-state index contributed by atoms with van der Waals surface area (Å²) in [4.78, 5) is 10.8. The van der Waals surface area contributed by atoms with Crippen molar-refractivity contribution in [3.63, 3.8) is 0 Å². The molecule has 0 radical (unpaired) electrons. The Kier molecular flexibility index (Phi) is 28.6. The van der Waals surface area contributed by atoms with Gasteiger partial charge in [-0.1, -0.05) is 0 Å². The van der Waals surface area contributed by atoms with Crippen LogP contribution in [0.25, 0.3) is 0 Å². The van der Waals surface area contributed by atoms with Crippen LogP contribution in [-0.2, 0) is 44.0 Å². The molecule has 0 N–H and O–H groups in total. The summed E-state index contributed by atoms with van der Waals surface area (Å²) >= 11 is 2.78. The maximum absolute atomic E-state index is 10.8. The van der Waals surface area contributed by atoms with Gasteiger partial charge in [-0.3, -0.25) is 0 Å². The molecule has 8 nitrogen and oxygen atoms in total. The quantitative estimate of drug-likeness (QED) is 0.340. The molecule has 0 heterocycles. The van der Waals surface area contributed by atoms with Gasteiger partial charge in [0.2, 0.25) is 0 Å². The first-order valence-electron chi connectivity index (χ1n) is 5.35. The number of carbonyl (C=O) groups excluding carboxylic acids is 1. The summed E-state index contributed by atoms with van der Waals surface area (Å²) in [5.41, 5.74) is 0.779. The average Bonchev–Trinajstić information content (AvgIpc) is 2.67. The molecule has 0 aliphatic rings. The molecule has 0 saturated heterocycles. The Hall–Kier alpha value is -2.19. The average molecular weight is 372 g/mol. The Balaban J connectivity index is -0.000000218. The van der Waals surface area contributed by atoms with Gasteiger partial charge in [0.25, 0.3) is 0 Å². The van der Waals surface area contributed by atoms with Gasteiger partial charge in [-0.15, -0.1) is 0 Å². The molecule has 1 rings (SSSR count). The first-order valence-corrected chi connectivity index (χ1v) is 5.98. The Bertz CT molecular complexity index is 548. The summed E-state index contributed by atoms with van der Waals surface area (Å²) in [6.45, 7) is 19.3. The first kappa shape index (κ1) is 29.8. The second-order valence-electron chi connectivity index (χ2n) is 2.95. The van der Waals surface area contributed by atoms with Crippen molar-refractivity contribution in [2.75, 3.05) is 14.2 Å². The van der Waals surface area contributed by atoms with E-state index in [-0.39, 0.29) is 5.97 Å². The molecular formula is C15H12CrO8. The Morgan fingerprint density at radius 1 is 1.00 bits per heavy atom. The van der Waals surface area contributed by atoms with Crippen LogP contribution in [0.3, 0.4) is 0 Å². The van der Waals surface area contributed by atoms with Crippen molar-refractivity contribution in [1.82, 2.24) is 0 Å². The van der Waals surface area contributed by atoms with Crippen molar-refractivity contribution in [3.8, 4) is 11.5 Å². The van der Waals surface area contributed by atoms with E-state index in [1.165, 1.54) is 6.92 Å². The van der Waals surface area contributed by atoms with Crippen molar-refractivity contribution in [2.24, 2.45) is 0 Å². The third-order valence-electron chi connectivity index (χ3n) is 1.84. The van der Waals surface area contributed by atoms with E-state index in [1.807, 2.05) is 0 Å². The minimum absolute atomic E-state index is 0.367. The zero-order valence-electron chi connectivity index (χ0n) is 12.9. The van der Waals surface area contributed by atoms with Crippen LogP contribution in [0, 0.1) is 26.6 Å². The molecule has 0 aliphatic heterocycles. The normalized spacial score (nSPS) is 6.79. The zero-order chi connectivity index (χ0) is 20.1. The summed E-state index contributed by atoms with van der Waals surface area (Å²) in [5, 5.41) is 0. The van der Waals surface area contributed by atoms with E-state index < -0.39 is 0 Å². The number of rotatable bonds is 4. The van der Waals surface area contributed by atoms with Crippen LogP contribution in [0.5, 0.6) is 11.5 Å². The summed E-state index contributed by atoms with van der Waals surface area (Å²) in [6.07, 6.45) is 0. The second-order valence-corrected chi connectivity index (χ2v) is 3.53. The van der Waals surface area contributed by atoms with E-state index in [2.05, 4.69) is 42.5 Å². The minimum atomic E-state index is -0.367. The van der Waals surface area contributed by atoms with Crippen LogP contribution in [0.2, 0.25) is 0 Å². The van der Waals surface area contributed by atoms with Gasteiger partial charge in [-0.05, 0) is 0 Å². The van der Waals surface area contributed by atoms with E-state index >= 15 is 0 Å². The Labute approximate surface area is 147 Å². The molecule has 0 aliphatic carbocycles. The number of carbonyl (C=O) groups is 1. The predicted molar refractivity (Wildman–Crippen MR) is 71.1 cm³/mol. The van der Waals surface area contributed by atoms with E-state index in [1.54, 1.807) is 32.4 Å². The molecule has 0 amide bonds. The maximum atomic E-state index is 10.8. The predicted octanol–water partition coefficient (Wildman–Crippen LogP) is 1.14. The fourth-order valence-corrected chi connectivity index (χ4v) is 1.44. The second kappa shape index (κ2) is 23.1. The molecule has 0 fully saturated rings. The fraction of sp³-hybridized carbons (Fsp3) is 0.200. The topological polar surface area (TPSA) is 124 Å². The van der Waals surface area contributed by atoms with Gasteiger partial charge < -0.3 is 0 Å². The van der Waals surface area contributed by atoms with Gasteiger partial charge >= 0.3 is 147 Å². The zero-order valence-corrected chi connectivity index (χ0v) is 14.2. The molecular weight excluding hydrogens is 360 g/mol. The first-order chi connectivity index (χ1) is 11.6. The van der Waals surface area contributed by atoms with Crippen LogP contribution in [0.4, 0.5) is 0 Å². The fourth-order valence-electron chi connectivity index (χ4n) is 1.18. The van der Waals surface area contributed by atoms with Crippen molar-refractivity contribution < 1.29 is 53.5 Å². The van der Waals surface area contributed by atoms with Crippen LogP contribution in [-0.4, -0.2) is 24.8 Å². The summed E-state index contributed by atoms with van der Waals surface area (Å²) in [5.74, 6) is 0.653. The summed E-state index contributed by atoms with van der Waals surface area (Å²) < 4.78 is 45.8. The molecule has 0 spiro atoms. The number of hydrogen-bond donors (Lipinski definition) is 0. The van der Waals surface area contributed by atoms with Gasteiger partial charge in [-0.2, -0.15) is 0 Å². The number of methoxy groups -OCH3 is 2. The van der Waals surface area contributed by atoms with E-state index in [4.69, 9.17) is 32.8 Å². The third kappa shape index (κ3) is 13.5. The molecule has 0 bridgehead atoms. The standard InChI is InChI=1S/C11H12O4.4CO.Cr/c1-8(12)15-10-5-4-9(7-13-2)11(6-10)14-3;4*1-2;/h4-6H,1-3H3;;;;;. The van der Waals surface area contributed by atoms with E-state index in [0.29, 0.717) is 16.1 Å². The molecule has 9 heteroatoms. The van der Waals surface area contributed by atoms with Crippen LogP contribution >= 0.6 is 0 Å². The van der Waals surface area contributed by atoms with Crippen molar-refractivity contribution in [2.45, 2.75) is 6.92 Å². The van der Waals surface area contributed by atoms with E-state index in [9.17, 15) is 4.79 Å². The van der Waals surface area contributed by atoms with Gasteiger partial charge in [0.1, 0.15) is 0 Å². The van der Waals surface area contributed by atoms with Gasteiger partial charge in [0.05, 0.1) is 0 Å². The molecule has 0 unspecified atom stereocenters. The molecule has 0 saturated carbocycles. The van der Waals surface area contributed by atoms with Gasteiger partial charge in [0.15, 0.2) is 0 Å². The van der Waals surface area contributed by atoms with E-state index in [0.717, 1.165) is 5.56 Å². The third-order valence-corrected chi connectivity index (χ3v) is 2.44. The van der Waals surface area contributed by atoms with Gasteiger partial charge in [-0.25, -0.2) is 0 Å². The number of benzene rings is 1. The van der Waals surface area contributed by atoms with Crippen molar-refractivity contribution >= 4 is 10.5 Å². The molecule has 24 heavy (non-hydrogen) atoms. The van der Waals surface area contributed by atoms with Crippen LogP contribution in [0.15, 0.2) is 18.2 Å². The van der Waals surface area contributed by atoms with Crippen LogP contribution < -0.4 is 9.47 Å². The Morgan fingerprint density at radius 3 is 1.79 bits per heavy atom. The SMILES string of the molecule is CO[C](=[Cr])c1ccc(OC(C)=O)cc1OC.[C-]#[O+].[C-]#[O+].[C-]#[O+].[C-]#[O+]. The van der Waals surface area contributed by atoms with Crippen LogP contribution in [0.1, 0.15) is 12.5 Å². The summed E-state index contributed by atoms with van der Waals surface area (Å²) in [6, 6.07) is 5.06. The summed E-state index contributed by atoms with van der Waals surface area (Å²) in [7, 11) is 3.10. The number of esters is 1. The van der Waals surface area contributed by atoms with Crippen molar-refractivity contribution in [3.05, 3.63) is 50.4 Å². The number of hydrogen-bond acceptors (Lipinski definition) is 4. The monoisotopic (exact) mass is 372 g/mol. The molecule has 1 aromatic rings. The molecule has 0 atom stereocenters. The molecule has 0 aromatic heterocycles. The number of ether oxygens (including phenoxy) is 3. The molecule has 126 valence electrons.